The predicted molar refractivity (Wildman–Crippen MR) is 132 cm³/mol. The van der Waals surface area contributed by atoms with E-state index in [1.807, 2.05) is 0 Å². The molecule has 1 amide bonds. The number of morpholine rings is 1. The van der Waals surface area contributed by atoms with Gasteiger partial charge in [0.25, 0.3) is 0 Å². The van der Waals surface area contributed by atoms with Crippen LogP contribution >= 0.6 is 24.0 Å². The Morgan fingerprint density at radius 2 is 1.83 bits per heavy atom. The van der Waals surface area contributed by atoms with Crippen molar-refractivity contribution >= 4 is 35.8 Å². The number of carbonyl (C=O) groups excluding carboxylic acids is 1. The Morgan fingerprint density at radius 1 is 1.14 bits per heavy atom. The number of ether oxygens (including phenoxy) is 1. The topological polar surface area (TPSA) is 69.2 Å². The first-order valence-corrected chi connectivity index (χ1v) is 10.9. The molecule has 0 bridgehead atoms. The van der Waals surface area contributed by atoms with Crippen LogP contribution in [0.2, 0.25) is 0 Å². The molecule has 8 heteroatoms. The fourth-order valence-electron chi connectivity index (χ4n) is 3.06. The Kier molecular flexibility index (Phi) is 15.8. The number of amides is 1. The number of carbonyl (C=O) groups is 1. The summed E-state index contributed by atoms with van der Waals surface area (Å²) in [6.07, 6.45) is 6.01. The predicted octanol–water partition coefficient (Wildman–Crippen LogP) is 2.56. The number of guanidine groups is 1. The summed E-state index contributed by atoms with van der Waals surface area (Å²) in [6, 6.07) is 0. The number of nitrogens with one attached hydrogen (secondary N) is 2. The molecule has 1 heterocycles. The summed E-state index contributed by atoms with van der Waals surface area (Å²) >= 11 is 0. The van der Waals surface area contributed by atoms with E-state index in [0.717, 1.165) is 58.3 Å². The average molecular weight is 526 g/mol. The molecule has 0 spiro atoms. The van der Waals surface area contributed by atoms with Gasteiger partial charge in [0.15, 0.2) is 5.96 Å². The van der Waals surface area contributed by atoms with E-state index in [-0.39, 0.29) is 41.8 Å². The van der Waals surface area contributed by atoms with Crippen LogP contribution in [0.3, 0.4) is 0 Å². The average Bonchev–Trinajstić information content (AvgIpc) is 2.67. The molecule has 7 nitrogen and oxygen atoms in total. The van der Waals surface area contributed by atoms with Crippen molar-refractivity contribution in [3.05, 3.63) is 0 Å². The van der Waals surface area contributed by atoms with E-state index in [2.05, 4.69) is 41.3 Å². The maximum absolute atomic E-state index is 11.9. The molecule has 1 aliphatic rings. The second-order valence-electron chi connectivity index (χ2n) is 8.66. The molecule has 29 heavy (non-hydrogen) atoms. The van der Waals surface area contributed by atoms with Crippen molar-refractivity contribution in [2.24, 2.45) is 10.4 Å². The lowest BCUT2D eigenvalue weighted by Gasteiger charge is -2.27. The Bertz CT molecular complexity index is 466. The second kappa shape index (κ2) is 16.1. The molecule has 2 N–H and O–H groups in total. The van der Waals surface area contributed by atoms with Gasteiger partial charge in [-0.05, 0) is 24.8 Å². The molecular weight excluding hydrogens is 481 g/mol. The SMILES string of the molecule is CCCCCC(C)(C)CNC(=NCC(=O)N(C)C)NCCCN1CCOCC1.I. The van der Waals surface area contributed by atoms with Crippen molar-refractivity contribution in [1.29, 1.82) is 0 Å². The molecule has 1 fully saturated rings. The minimum Gasteiger partial charge on any atom is -0.379 e. The van der Waals surface area contributed by atoms with Crippen LogP contribution in [0.25, 0.3) is 0 Å². The smallest absolute Gasteiger partial charge is 0.243 e. The largest absolute Gasteiger partial charge is 0.379 e. The van der Waals surface area contributed by atoms with Gasteiger partial charge in [-0.1, -0.05) is 40.0 Å². The Balaban J connectivity index is 0.00000784. The fraction of sp³-hybridized carbons (Fsp3) is 0.905. The van der Waals surface area contributed by atoms with E-state index in [0.29, 0.717) is 0 Å². The highest BCUT2D eigenvalue weighted by Gasteiger charge is 2.18. The van der Waals surface area contributed by atoms with Crippen LogP contribution < -0.4 is 10.6 Å². The van der Waals surface area contributed by atoms with Gasteiger partial charge in [0.1, 0.15) is 6.54 Å². The lowest BCUT2D eigenvalue weighted by atomic mass is 9.87. The van der Waals surface area contributed by atoms with Crippen LogP contribution in [-0.4, -0.2) is 88.2 Å². The van der Waals surface area contributed by atoms with Crippen molar-refractivity contribution in [2.75, 3.05) is 66.6 Å². The van der Waals surface area contributed by atoms with Crippen LogP contribution in [0.5, 0.6) is 0 Å². The summed E-state index contributed by atoms with van der Waals surface area (Å²) in [6.45, 7) is 13.4. The van der Waals surface area contributed by atoms with Crippen LogP contribution in [0.15, 0.2) is 4.99 Å². The standard InChI is InChI=1S/C21H43N5O2.HI/c1-6-7-8-10-21(2,3)18-24-20(23-17-19(27)25(4)5)22-11-9-12-26-13-15-28-16-14-26;/h6-18H2,1-5H3,(H2,22,23,24);1H. The van der Waals surface area contributed by atoms with E-state index in [1.54, 1.807) is 19.0 Å². The molecular formula is C21H44IN5O2. The first-order valence-electron chi connectivity index (χ1n) is 10.9. The summed E-state index contributed by atoms with van der Waals surface area (Å²) in [5.74, 6) is 0.748. The quantitative estimate of drug-likeness (QED) is 0.178. The van der Waals surface area contributed by atoms with Crippen molar-refractivity contribution in [2.45, 2.75) is 52.9 Å². The van der Waals surface area contributed by atoms with Gasteiger partial charge in [0, 0.05) is 40.3 Å². The minimum atomic E-state index is 0. The number of hydrogen-bond donors (Lipinski definition) is 2. The highest BCUT2D eigenvalue weighted by atomic mass is 127. The van der Waals surface area contributed by atoms with Crippen LogP contribution in [-0.2, 0) is 9.53 Å². The molecule has 0 saturated carbocycles. The van der Waals surface area contributed by atoms with Crippen molar-refractivity contribution in [3.63, 3.8) is 0 Å². The summed E-state index contributed by atoms with van der Waals surface area (Å²) < 4.78 is 5.39. The molecule has 0 aliphatic carbocycles. The van der Waals surface area contributed by atoms with Crippen molar-refractivity contribution in [3.8, 4) is 0 Å². The number of hydrogen-bond acceptors (Lipinski definition) is 4. The molecule has 1 rings (SSSR count). The first kappa shape index (κ1) is 28.4. The summed E-state index contributed by atoms with van der Waals surface area (Å²) in [5.41, 5.74) is 0.205. The fourth-order valence-corrected chi connectivity index (χ4v) is 3.06. The third kappa shape index (κ3) is 14.1. The van der Waals surface area contributed by atoms with Crippen LogP contribution in [0.4, 0.5) is 0 Å². The van der Waals surface area contributed by atoms with Gasteiger partial charge in [-0.25, -0.2) is 4.99 Å². The number of unbranched alkanes of at least 4 members (excludes halogenated alkanes) is 2. The zero-order valence-electron chi connectivity index (χ0n) is 19.3. The van der Waals surface area contributed by atoms with Crippen molar-refractivity contribution in [1.82, 2.24) is 20.4 Å². The molecule has 0 aromatic carbocycles. The lowest BCUT2D eigenvalue weighted by Crippen LogP contribution is -2.44. The minimum absolute atomic E-state index is 0. The highest BCUT2D eigenvalue weighted by Crippen LogP contribution is 2.22. The number of likely N-dealkylation sites (N-methyl/N-ethyl adjacent to an activating group) is 1. The molecule has 0 unspecified atom stereocenters. The zero-order valence-corrected chi connectivity index (χ0v) is 21.6. The second-order valence-corrected chi connectivity index (χ2v) is 8.66. The van der Waals surface area contributed by atoms with E-state index in [1.165, 1.54) is 25.7 Å². The third-order valence-corrected chi connectivity index (χ3v) is 5.11. The maximum Gasteiger partial charge on any atom is 0.243 e. The van der Waals surface area contributed by atoms with Crippen LogP contribution in [0.1, 0.15) is 52.9 Å². The van der Waals surface area contributed by atoms with E-state index in [4.69, 9.17) is 4.74 Å². The molecule has 0 radical (unpaired) electrons. The van der Waals surface area contributed by atoms with Gasteiger partial charge in [-0.3, -0.25) is 9.69 Å². The normalized spacial score (nSPS) is 15.6. The molecule has 172 valence electrons. The Morgan fingerprint density at radius 3 is 2.45 bits per heavy atom. The Hall–Kier alpha value is -0.610. The Labute approximate surface area is 195 Å². The number of aliphatic imine (C=N–C) groups is 1. The zero-order chi connectivity index (χ0) is 20.8. The van der Waals surface area contributed by atoms with Gasteiger partial charge in [0.2, 0.25) is 5.91 Å². The summed E-state index contributed by atoms with van der Waals surface area (Å²) in [7, 11) is 3.52. The lowest BCUT2D eigenvalue weighted by molar-refractivity contribution is -0.127. The monoisotopic (exact) mass is 525 g/mol. The number of rotatable bonds is 12. The molecule has 0 aromatic rings. The summed E-state index contributed by atoms with van der Waals surface area (Å²) in [5, 5.41) is 6.86. The van der Waals surface area contributed by atoms with E-state index >= 15 is 0 Å². The summed E-state index contributed by atoms with van der Waals surface area (Å²) in [4.78, 5) is 20.4. The molecule has 0 aromatic heterocycles. The van der Waals surface area contributed by atoms with Gasteiger partial charge < -0.3 is 20.3 Å². The van der Waals surface area contributed by atoms with E-state index in [9.17, 15) is 4.79 Å². The van der Waals surface area contributed by atoms with Crippen molar-refractivity contribution < 1.29 is 9.53 Å². The molecule has 1 saturated heterocycles. The van der Waals surface area contributed by atoms with Gasteiger partial charge in [0.05, 0.1) is 13.2 Å². The highest BCUT2D eigenvalue weighted by molar-refractivity contribution is 14.0. The molecule has 0 atom stereocenters. The molecule has 1 aliphatic heterocycles. The third-order valence-electron chi connectivity index (χ3n) is 5.11. The van der Waals surface area contributed by atoms with Gasteiger partial charge in [-0.2, -0.15) is 0 Å². The first-order chi connectivity index (χ1) is 13.3. The van der Waals surface area contributed by atoms with Gasteiger partial charge in [-0.15, -0.1) is 24.0 Å². The van der Waals surface area contributed by atoms with Crippen LogP contribution in [0, 0.1) is 5.41 Å². The number of nitrogens with zero attached hydrogens (tertiary/aromatic N) is 3. The van der Waals surface area contributed by atoms with E-state index < -0.39 is 0 Å². The number of halogens is 1. The van der Waals surface area contributed by atoms with Gasteiger partial charge >= 0.3 is 0 Å². The maximum atomic E-state index is 11.9.